The van der Waals surface area contributed by atoms with Crippen molar-refractivity contribution < 1.29 is 10.0 Å². The zero-order valence-electron chi connectivity index (χ0n) is 11.5. The molecule has 0 spiro atoms. The molecule has 0 fully saturated rings. The van der Waals surface area contributed by atoms with Crippen molar-refractivity contribution in [1.82, 2.24) is 9.78 Å². The number of nitro benzene ring substituents is 1. The summed E-state index contributed by atoms with van der Waals surface area (Å²) in [5, 5.41) is 24.6. The molecule has 0 saturated heterocycles. The molecule has 0 aliphatic carbocycles. The Morgan fingerprint density at radius 1 is 1.35 bits per heavy atom. The molecule has 0 unspecified atom stereocenters. The number of hydrogen-bond acceptors (Lipinski definition) is 4. The van der Waals surface area contributed by atoms with E-state index in [1.165, 1.54) is 6.07 Å². The molecular weight excluding hydrogens is 258 g/mol. The molecule has 0 aliphatic heterocycles. The fraction of sp³-hybridized carbons (Fsp3) is 0.357. The SMILES string of the molecule is Cc1nn(CCc2ccccc2[N+](=O)[O-])c(C)c1CO. The number of nitro groups is 1. The quantitative estimate of drug-likeness (QED) is 0.669. The number of aryl methyl sites for hydroxylation is 3. The molecule has 1 aromatic heterocycles. The van der Waals surface area contributed by atoms with Crippen LogP contribution in [0.2, 0.25) is 0 Å². The number of nitrogens with zero attached hydrogens (tertiary/aromatic N) is 3. The molecule has 1 heterocycles. The standard InChI is InChI=1S/C14H17N3O3/c1-10-13(9-18)11(2)16(15-10)8-7-12-5-3-4-6-14(12)17(19)20/h3-6,18H,7-9H2,1-2H3. The zero-order valence-corrected chi connectivity index (χ0v) is 11.5. The average molecular weight is 275 g/mol. The maximum absolute atomic E-state index is 11.0. The minimum absolute atomic E-state index is 0.0385. The third-order valence-corrected chi connectivity index (χ3v) is 3.47. The highest BCUT2D eigenvalue weighted by molar-refractivity contribution is 5.39. The number of aliphatic hydroxyl groups is 1. The predicted octanol–water partition coefficient (Wildman–Crippen LogP) is 2.14. The molecule has 0 radical (unpaired) electrons. The maximum atomic E-state index is 11.0. The van der Waals surface area contributed by atoms with Crippen molar-refractivity contribution >= 4 is 5.69 Å². The molecule has 106 valence electrons. The Balaban J connectivity index is 2.19. The first-order valence-corrected chi connectivity index (χ1v) is 6.40. The number of hydrogen-bond donors (Lipinski definition) is 1. The van der Waals surface area contributed by atoms with E-state index in [-0.39, 0.29) is 17.2 Å². The van der Waals surface area contributed by atoms with Gasteiger partial charge in [-0.15, -0.1) is 0 Å². The first-order valence-electron chi connectivity index (χ1n) is 6.40. The Labute approximate surface area is 116 Å². The van der Waals surface area contributed by atoms with Crippen LogP contribution in [0.1, 0.15) is 22.5 Å². The van der Waals surface area contributed by atoms with E-state index in [0.29, 0.717) is 18.5 Å². The van der Waals surface area contributed by atoms with Crippen LogP contribution in [0.25, 0.3) is 0 Å². The van der Waals surface area contributed by atoms with Crippen LogP contribution in [0.5, 0.6) is 0 Å². The summed E-state index contributed by atoms with van der Waals surface area (Å²) in [6.45, 7) is 4.26. The molecule has 1 N–H and O–H groups in total. The third kappa shape index (κ3) is 2.70. The second-order valence-corrected chi connectivity index (χ2v) is 4.67. The molecule has 2 rings (SSSR count). The van der Waals surface area contributed by atoms with Gasteiger partial charge in [-0.2, -0.15) is 5.10 Å². The normalized spacial score (nSPS) is 10.8. The zero-order chi connectivity index (χ0) is 14.7. The highest BCUT2D eigenvalue weighted by Gasteiger charge is 2.14. The van der Waals surface area contributed by atoms with Gasteiger partial charge in [0.25, 0.3) is 5.69 Å². The van der Waals surface area contributed by atoms with Gasteiger partial charge in [-0.05, 0) is 20.3 Å². The van der Waals surface area contributed by atoms with E-state index in [2.05, 4.69) is 5.10 Å². The van der Waals surface area contributed by atoms with E-state index in [1.54, 1.807) is 22.9 Å². The van der Waals surface area contributed by atoms with Gasteiger partial charge in [0.1, 0.15) is 0 Å². The lowest BCUT2D eigenvalue weighted by atomic mass is 10.1. The van der Waals surface area contributed by atoms with Crippen molar-refractivity contribution in [2.24, 2.45) is 0 Å². The van der Waals surface area contributed by atoms with Gasteiger partial charge in [0.05, 0.1) is 17.2 Å². The number of benzene rings is 1. The summed E-state index contributed by atoms with van der Waals surface area (Å²) in [6.07, 6.45) is 0.532. The van der Waals surface area contributed by atoms with Crippen LogP contribution in [0, 0.1) is 24.0 Å². The smallest absolute Gasteiger partial charge is 0.272 e. The Hall–Kier alpha value is -2.21. The van der Waals surface area contributed by atoms with Crippen LogP contribution in [-0.2, 0) is 19.6 Å². The van der Waals surface area contributed by atoms with E-state index in [1.807, 2.05) is 13.8 Å². The first kappa shape index (κ1) is 14.2. The van der Waals surface area contributed by atoms with Crippen LogP contribution < -0.4 is 0 Å². The van der Waals surface area contributed by atoms with E-state index in [9.17, 15) is 15.2 Å². The van der Waals surface area contributed by atoms with Gasteiger partial charge >= 0.3 is 0 Å². The van der Waals surface area contributed by atoms with Gasteiger partial charge < -0.3 is 5.11 Å². The molecule has 6 heteroatoms. The van der Waals surface area contributed by atoms with E-state index < -0.39 is 0 Å². The topological polar surface area (TPSA) is 81.2 Å². The van der Waals surface area contributed by atoms with Crippen molar-refractivity contribution in [3.05, 3.63) is 56.9 Å². The van der Waals surface area contributed by atoms with E-state index >= 15 is 0 Å². The third-order valence-electron chi connectivity index (χ3n) is 3.47. The number of para-hydroxylation sites is 1. The lowest BCUT2D eigenvalue weighted by Gasteiger charge is -2.06. The number of aliphatic hydroxyl groups excluding tert-OH is 1. The Kier molecular flexibility index (Phi) is 4.14. The highest BCUT2D eigenvalue weighted by Crippen LogP contribution is 2.19. The second-order valence-electron chi connectivity index (χ2n) is 4.67. The summed E-state index contributed by atoms with van der Waals surface area (Å²) in [5.74, 6) is 0. The Morgan fingerprint density at radius 2 is 2.05 bits per heavy atom. The molecule has 0 saturated carbocycles. The van der Waals surface area contributed by atoms with Gasteiger partial charge in [0.2, 0.25) is 0 Å². The van der Waals surface area contributed by atoms with Crippen LogP contribution in [0.3, 0.4) is 0 Å². The number of aromatic nitrogens is 2. The Morgan fingerprint density at radius 3 is 2.65 bits per heavy atom. The minimum Gasteiger partial charge on any atom is -0.392 e. The molecule has 0 amide bonds. The largest absolute Gasteiger partial charge is 0.392 e. The average Bonchev–Trinajstić information content (AvgIpc) is 2.70. The molecular formula is C14H17N3O3. The molecule has 1 aromatic carbocycles. The van der Waals surface area contributed by atoms with Crippen molar-refractivity contribution in [2.75, 3.05) is 0 Å². The van der Waals surface area contributed by atoms with E-state index in [0.717, 1.165) is 17.0 Å². The highest BCUT2D eigenvalue weighted by atomic mass is 16.6. The number of rotatable bonds is 5. The molecule has 0 aliphatic rings. The summed E-state index contributed by atoms with van der Waals surface area (Å²) < 4.78 is 1.79. The van der Waals surface area contributed by atoms with Crippen molar-refractivity contribution in [2.45, 2.75) is 33.4 Å². The van der Waals surface area contributed by atoms with E-state index in [4.69, 9.17) is 0 Å². The van der Waals surface area contributed by atoms with Crippen molar-refractivity contribution in [3.8, 4) is 0 Å². The molecule has 20 heavy (non-hydrogen) atoms. The van der Waals surface area contributed by atoms with Gasteiger partial charge in [0, 0.05) is 29.4 Å². The second kappa shape index (κ2) is 5.83. The first-order chi connectivity index (χ1) is 9.54. The summed E-state index contributed by atoms with van der Waals surface area (Å²) >= 11 is 0. The lowest BCUT2D eigenvalue weighted by molar-refractivity contribution is -0.385. The van der Waals surface area contributed by atoms with Gasteiger partial charge in [-0.3, -0.25) is 14.8 Å². The summed E-state index contributed by atoms with van der Waals surface area (Å²) in [4.78, 5) is 10.6. The minimum atomic E-state index is -0.365. The summed E-state index contributed by atoms with van der Waals surface area (Å²) in [7, 11) is 0. The van der Waals surface area contributed by atoms with Crippen LogP contribution in [-0.4, -0.2) is 19.8 Å². The Bertz CT molecular complexity index is 635. The fourth-order valence-corrected chi connectivity index (χ4v) is 2.31. The van der Waals surface area contributed by atoms with Crippen molar-refractivity contribution in [3.63, 3.8) is 0 Å². The van der Waals surface area contributed by atoms with Crippen LogP contribution in [0.4, 0.5) is 5.69 Å². The van der Waals surface area contributed by atoms with Gasteiger partial charge in [-0.25, -0.2) is 0 Å². The monoisotopic (exact) mass is 275 g/mol. The molecule has 2 aromatic rings. The molecule has 6 nitrogen and oxygen atoms in total. The van der Waals surface area contributed by atoms with Crippen LogP contribution >= 0.6 is 0 Å². The van der Waals surface area contributed by atoms with Crippen molar-refractivity contribution in [1.29, 1.82) is 0 Å². The van der Waals surface area contributed by atoms with Gasteiger partial charge in [0.15, 0.2) is 0 Å². The van der Waals surface area contributed by atoms with Gasteiger partial charge in [-0.1, -0.05) is 18.2 Å². The lowest BCUT2D eigenvalue weighted by Crippen LogP contribution is -2.07. The van der Waals surface area contributed by atoms with Crippen LogP contribution in [0.15, 0.2) is 24.3 Å². The summed E-state index contributed by atoms with van der Waals surface area (Å²) in [5.41, 5.74) is 3.36. The predicted molar refractivity (Wildman–Crippen MR) is 74.4 cm³/mol. The maximum Gasteiger partial charge on any atom is 0.272 e. The fourth-order valence-electron chi connectivity index (χ4n) is 2.31. The molecule has 0 bridgehead atoms. The molecule has 0 atom stereocenters. The summed E-state index contributed by atoms with van der Waals surface area (Å²) in [6, 6.07) is 6.73.